The van der Waals surface area contributed by atoms with Gasteiger partial charge in [-0.25, -0.2) is 13.2 Å². The number of ether oxygens (including phenoxy) is 1. The number of hydrogen-bond acceptors (Lipinski definition) is 6. The van der Waals surface area contributed by atoms with E-state index in [1.165, 1.54) is 41.8 Å². The zero-order valence-corrected chi connectivity index (χ0v) is 18.7. The van der Waals surface area contributed by atoms with Crippen LogP contribution < -0.4 is 5.32 Å². The Bertz CT molecular complexity index is 1010. The molecule has 8 nitrogen and oxygen atoms in total. The number of sulfonamides is 1. The molecule has 3 unspecified atom stereocenters. The SMILES string of the molecule is CC1CC(C)CN(S(=O)(=O)c2cccc(C(=O)OC(C)C(=O)NCc3ccco3)c2)C1. The number of hydrogen-bond donors (Lipinski definition) is 1. The first-order chi connectivity index (χ1) is 14.7. The Morgan fingerprint density at radius 1 is 1.19 bits per heavy atom. The minimum absolute atomic E-state index is 0.0400. The molecular formula is C22H28N2O6S. The zero-order valence-electron chi connectivity index (χ0n) is 17.9. The van der Waals surface area contributed by atoms with Gasteiger partial charge >= 0.3 is 5.97 Å². The van der Waals surface area contributed by atoms with Crippen molar-refractivity contribution in [1.82, 2.24) is 9.62 Å². The highest BCUT2D eigenvalue weighted by Gasteiger charge is 2.32. The molecule has 1 N–H and O–H groups in total. The van der Waals surface area contributed by atoms with Crippen molar-refractivity contribution in [3.8, 4) is 0 Å². The molecule has 1 aliphatic rings. The maximum atomic E-state index is 13.1. The number of esters is 1. The summed E-state index contributed by atoms with van der Waals surface area (Å²) >= 11 is 0. The number of rotatable bonds is 7. The molecule has 3 atom stereocenters. The van der Waals surface area contributed by atoms with Crippen molar-refractivity contribution < 1.29 is 27.2 Å². The van der Waals surface area contributed by atoms with Crippen LogP contribution in [0.4, 0.5) is 0 Å². The number of piperidine rings is 1. The molecule has 2 heterocycles. The maximum Gasteiger partial charge on any atom is 0.338 e. The van der Waals surface area contributed by atoms with Gasteiger partial charge in [-0.1, -0.05) is 19.9 Å². The van der Waals surface area contributed by atoms with Crippen molar-refractivity contribution in [2.75, 3.05) is 13.1 Å². The Hall–Kier alpha value is -2.65. The van der Waals surface area contributed by atoms with Crippen LogP contribution in [0.25, 0.3) is 0 Å². The summed E-state index contributed by atoms with van der Waals surface area (Å²) in [7, 11) is -3.73. The van der Waals surface area contributed by atoms with Crippen LogP contribution in [-0.4, -0.2) is 43.8 Å². The molecule has 0 spiro atoms. The molecule has 1 amide bonds. The number of furan rings is 1. The van der Waals surface area contributed by atoms with E-state index in [0.29, 0.717) is 18.8 Å². The highest BCUT2D eigenvalue weighted by molar-refractivity contribution is 7.89. The van der Waals surface area contributed by atoms with Crippen LogP contribution in [0.1, 0.15) is 43.3 Å². The molecule has 0 saturated carbocycles. The number of carbonyl (C=O) groups is 2. The summed E-state index contributed by atoms with van der Waals surface area (Å²) in [4.78, 5) is 24.7. The Kier molecular flexibility index (Phi) is 7.17. The lowest BCUT2D eigenvalue weighted by atomic mass is 9.94. The van der Waals surface area contributed by atoms with Crippen LogP contribution in [0.15, 0.2) is 52.0 Å². The number of nitrogens with one attached hydrogen (secondary N) is 1. The zero-order chi connectivity index (χ0) is 22.6. The molecule has 1 fully saturated rings. The lowest BCUT2D eigenvalue weighted by molar-refractivity contribution is -0.129. The van der Waals surface area contributed by atoms with E-state index in [9.17, 15) is 18.0 Å². The van der Waals surface area contributed by atoms with Crippen molar-refractivity contribution >= 4 is 21.9 Å². The van der Waals surface area contributed by atoms with Gasteiger partial charge in [-0.2, -0.15) is 4.31 Å². The van der Waals surface area contributed by atoms with Crippen LogP contribution in [-0.2, 0) is 26.1 Å². The van der Waals surface area contributed by atoms with Gasteiger partial charge in [0.2, 0.25) is 10.0 Å². The molecule has 0 radical (unpaired) electrons. The molecule has 168 valence electrons. The van der Waals surface area contributed by atoms with E-state index in [4.69, 9.17) is 9.15 Å². The minimum atomic E-state index is -3.73. The lowest BCUT2D eigenvalue weighted by Gasteiger charge is -2.34. The van der Waals surface area contributed by atoms with Gasteiger partial charge in [0.05, 0.1) is 23.3 Å². The first-order valence-electron chi connectivity index (χ1n) is 10.3. The van der Waals surface area contributed by atoms with E-state index in [0.717, 1.165) is 6.42 Å². The smallest absolute Gasteiger partial charge is 0.338 e. The Balaban J connectivity index is 1.66. The van der Waals surface area contributed by atoms with Gasteiger partial charge in [0.15, 0.2) is 6.10 Å². The van der Waals surface area contributed by atoms with Crippen LogP contribution >= 0.6 is 0 Å². The van der Waals surface area contributed by atoms with Crippen LogP contribution in [0.3, 0.4) is 0 Å². The Morgan fingerprint density at radius 3 is 2.55 bits per heavy atom. The Labute approximate surface area is 182 Å². The summed E-state index contributed by atoms with van der Waals surface area (Å²) in [5.74, 6) is -0.131. The van der Waals surface area contributed by atoms with Gasteiger partial charge in [-0.15, -0.1) is 0 Å². The molecule has 2 aromatic rings. The first-order valence-corrected chi connectivity index (χ1v) is 11.7. The second kappa shape index (κ2) is 9.65. The monoisotopic (exact) mass is 448 g/mol. The third kappa shape index (κ3) is 5.74. The summed E-state index contributed by atoms with van der Waals surface area (Å²) < 4.78 is 38.0. The van der Waals surface area contributed by atoms with E-state index in [2.05, 4.69) is 5.32 Å². The van der Waals surface area contributed by atoms with Crippen LogP contribution in [0.5, 0.6) is 0 Å². The van der Waals surface area contributed by atoms with Gasteiger partial charge in [-0.3, -0.25) is 4.79 Å². The molecule has 3 rings (SSSR count). The molecule has 0 aliphatic carbocycles. The lowest BCUT2D eigenvalue weighted by Crippen LogP contribution is -2.42. The fourth-order valence-corrected chi connectivity index (χ4v) is 5.47. The number of carbonyl (C=O) groups excluding carboxylic acids is 2. The maximum absolute atomic E-state index is 13.1. The minimum Gasteiger partial charge on any atom is -0.467 e. The van der Waals surface area contributed by atoms with Crippen molar-refractivity contribution in [3.63, 3.8) is 0 Å². The molecule has 0 bridgehead atoms. The molecule has 1 aliphatic heterocycles. The third-order valence-corrected chi connectivity index (χ3v) is 7.04. The van der Waals surface area contributed by atoms with Gasteiger partial charge in [0, 0.05) is 13.1 Å². The van der Waals surface area contributed by atoms with E-state index < -0.39 is 28.0 Å². The summed E-state index contributed by atoms with van der Waals surface area (Å²) in [5.41, 5.74) is 0.0739. The van der Waals surface area contributed by atoms with E-state index in [1.54, 1.807) is 12.1 Å². The molecule has 9 heteroatoms. The summed E-state index contributed by atoms with van der Waals surface area (Å²) in [6, 6.07) is 9.16. The van der Waals surface area contributed by atoms with E-state index >= 15 is 0 Å². The van der Waals surface area contributed by atoms with Gasteiger partial charge in [-0.05, 0) is 55.5 Å². The van der Waals surface area contributed by atoms with Crippen molar-refractivity contribution in [3.05, 3.63) is 54.0 Å². The third-order valence-electron chi connectivity index (χ3n) is 5.21. The van der Waals surface area contributed by atoms with Crippen molar-refractivity contribution in [2.24, 2.45) is 11.8 Å². The number of benzene rings is 1. The van der Waals surface area contributed by atoms with Gasteiger partial charge < -0.3 is 14.5 Å². The predicted octanol–water partition coefficient (Wildman–Crippen LogP) is 2.81. The topological polar surface area (TPSA) is 106 Å². The largest absolute Gasteiger partial charge is 0.467 e. The fourth-order valence-electron chi connectivity index (χ4n) is 3.75. The van der Waals surface area contributed by atoms with Gasteiger partial charge in [0.25, 0.3) is 5.91 Å². The van der Waals surface area contributed by atoms with E-state index in [-0.39, 0.29) is 28.8 Å². The fraction of sp³-hybridized carbons (Fsp3) is 0.455. The first kappa shape index (κ1) is 23.0. The number of nitrogens with zero attached hydrogens (tertiary/aromatic N) is 1. The van der Waals surface area contributed by atoms with Crippen LogP contribution in [0.2, 0.25) is 0 Å². The molecule has 1 aromatic heterocycles. The summed E-state index contributed by atoms with van der Waals surface area (Å²) in [6.45, 7) is 6.59. The highest BCUT2D eigenvalue weighted by Crippen LogP contribution is 2.27. The standard InChI is InChI=1S/C22H28N2O6S/c1-15-10-16(2)14-24(13-15)31(27,28)20-8-4-6-18(11-20)22(26)30-17(3)21(25)23-12-19-7-5-9-29-19/h4-9,11,15-17H,10,12-14H2,1-3H3,(H,23,25). The second-order valence-electron chi connectivity index (χ2n) is 8.14. The normalized spacial score (nSPS) is 20.7. The Morgan fingerprint density at radius 2 is 1.90 bits per heavy atom. The average Bonchev–Trinajstić information content (AvgIpc) is 3.25. The summed E-state index contributed by atoms with van der Waals surface area (Å²) in [6.07, 6.45) is 1.43. The van der Waals surface area contributed by atoms with E-state index in [1.807, 2.05) is 13.8 Å². The average molecular weight is 449 g/mol. The molecule has 1 aromatic carbocycles. The quantitative estimate of drug-likeness (QED) is 0.653. The molecule has 31 heavy (non-hydrogen) atoms. The number of amides is 1. The molecular weight excluding hydrogens is 420 g/mol. The second-order valence-corrected chi connectivity index (χ2v) is 10.1. The van der Waals surface area contributed by atoms with Crippen molar-refractivity contribution in [1.29, 1.82) is 0 Å². The van der Waals surface area contributed by atoms with Gasteiger partial charge in [0.1, 0.15) is 5.76 Å². The molecule has 1 saturated heterocycles. The summed E-state index contributed by atoms with van der Waals surface area (Å²) in [5, 5.41) is 2.62. The predicted molar refractivity (Wildman–Crippen MR) is 114 cm³/mol. The van der Waals surface area contributed by atoms with Crippen molar-refractivity contribution in [2.45, 2.75) is 44.7 Å². The van der Waals surface area contributed by atoms with Crippen LogP contribution in [0, 0.1) is 11.8 Å². The highest BCUT2D eigenvalue weighted by atomic mass is 32.2.